The number of carbonyl (C=O) groups excluding carboxylic acids is 2. The molecule has 0 aliphatic carbocycles. The van der Waals surface area contributed by atoms with Crippen molar-refractivity contribution in [3.8, 4) is 0 Å². The van der Waals surface area contributed by atoms with E-state index < -0.39 is 0 Å². The molecule has 1 atom stereocenters. The van der Waals surface area contributed by atoms with Crippen molar-refractivity contribution in [1.82, 2.24) is 20.0 Å². The maximum Gasteiger partial charge on any atom is 0.287 e. The van der Waals surface area contributed by atoms with Gasteiger partial charge in [-0.25, -0.2) is 4.98 Å². The molecule has 6 heteroatoms. The Morgan fingerprint density at radius 3 is 2.41 bits per heavy atom. The van der Waals surface area contributed by atoms with E-state index in [0.29, 0.717) is 18.0 Å². The molecule has 3 rings (SSSR count). The van der Waals surface area contributed by atoms with E-state index in [2.05, 4.69) is 15.6 Å². The Hall–Kier alpha value is -3.15. The Morgan fingerprint density at radius 1 is 1.00 bits per heavy atom. The number of aromatic nitrogens is 2. The molecule has 2 heterocycles. The van der Waals surface area contributed by atoms with E-state index in [1.807, 2.05) is 63.2 Å². The molecule has 27 heavy (non-hydrogen) atoms. The Bertz CT molecular complexity index is 947. The van der Waals surface area contributed by atoms with Crippen LogP contribution in [-0.2, 0) is 0 Å². The van der Waals surface area contributed by atoms with Crippen LogP contribution < -0.4 is 10.6 Å². The fraction of sp³-hybridized carbons (Fsp3) is 0.286. The number of nitrogens with zero attached hydrogens (tertiary/aromatic N) is 2. The summed E-state index contributed by atoms with van der Waals surface area (Å²) in [4.78, 5) is 29.7. The highest BCUT2D eigenvalue weighted by atomic mass is 16.2. The standard InChI is InChI=1S/C21H24N4O2/c1-14(2)13-22-21(27)19-24-18(17-11-7-8-12-25(17)19)20(26)23-15(3)16-9-5-4-6-10-16/h4-12,14-15H,13H2,1-3H3,(H,22,27)(H,23,26). The molecule has 2 N–H and O–H groups in total. The van der Waals surface area contributed by atoms with E-state index in [1.54, 1.807) is 16.7 Å². The fourth-order valence-corrected chi connectivity index (χ4v) is 2.83. The maximum absolute atomic E-state index is 12.8. The summed E-state index contributed by atoms with van der Waals surface area (Å²) in [7, 11) is 0. The number of hydrogen-bond acceptors (Lipinski definition) is 3. The quantitative estimate of drug-likeness (QED) is 0.705. The summed E-state index contributed by atoms with van der Waals surface area (Å²) in [6.45, 7) is 6.51. The van der Waals surface area contributed by atoms with Gasteiger partial charge in [-0.1, -0.05) is 50.2 Å². The third-order valence-corrected chi connectivity index (χ3v) is 4.28. The number of nitrogens with one attached hydrogen (secondary N) is 2. The summed E-state index contributed by atoms with van der Waals surface area (Å²) < 4.78 is 1.65. The molecule has 0 aliphatic heterocycles. The van der Waals surface area contributed by atoms with Gasteiger partial charge in [0.1, 0.15) is 0 Å². The van der Waals surface area contributed by atoms with Gasteiger partial charge >= 0.3 is 0 Å². The van der Waals surface area contributed by atoms with Gasteiger partial charge in [0, 0.05) is 12.7 Å². The van der Waals surface area contributed by atoms with Gasteiger partial charge in [0.15, 0.2) is 5.69 Å². The Labute approximate surface area is 158 Å². The first-order valence-corrected chi connectivity index (χ1v) is 9.08. The number of rotatable bonds is 6. The van der Waals surface area contributed by atoms with E-state index >= 15 is 0 Å². The van der Waals surface area contributed by atoms with Crippen LogP contribution in [0.25, 0.3) is 5.52 Å². The Balaban J connectivity index is 1.88. The zero-order valence-corrected chi connectivity index (χ0v) is 15.8. The Kier molecular flexibility index (Phi) is 5.54. The summed E-state index contributed by atoms with van der Waals surface area (Å²) in [6, 6.07) is 15.0. The minimum atomic E-state index is -0.307. The lowest BCUT2D eigenvalue weighted by atomic mass is 10.1. The largest absolute Gasteiger partial charge is 0.349 e. The number of pyridine rings is 1. The van der Waals surface area contributed by atoms with Crippen LogP contribution in [0.2, 0.25) is 0 Å². The zero-order chi connectivity index (χ0) is 19.4. The van der Waals surface area contributed by atoms with Crippen LogP contribution in [0.15, 0.2) is 54.7 Å². The molecule has 1 unspecified atom stereocenters. The van der Waals surface area contributed by atoms with Crippen molar-refractivity contribution in [3.63, 3.8) is 0 Å². The summed E-state index contributed by atoms with van der Waals surface area (Å²) in [6.07, 6.45) is 1.74. The molecule has 140 valence electrons. The zero-order valence-electron chi connectivity index (χ0n) is 15.8. The first kappa shape index (κ1) is 18.6. The monoisotopic (exact) mass is 364 g/mol. The fourth-order valence-electron chi connectivity index (χ4n) is 2.83. The number of fused-ring (bicyclic) bond motifs is 1. The van der Waals surface area contributed by atoms with Crippen molar-refractivity contribution in [2.45, 2.75) is 26.8 Å². The van der Waals surface area contributed by atoms with Gasteiger partial charge in [0.05, 0.1) is 11.6 Å². The number of carbonyl (C=O) groups is 2. The topological polar surface area (TPSA) is 75.5 Å². The van der Waals surface area contributed by atoms with Gasteiger partial charge in [0.2, 0.25) is 5.82 Å². The lowest BCUT2D eigenvalue weighted by Gasteiger charge is -2.13. The average molecular weight is 364 g/mol. The summed E-state index contributed by atoms with van der Waals surface area (Å²) in [5, 5.41) is 5.82. The van der Waals surface area contributed by atoms with Crippen LogP contribution in [0.3, 0.4) is 0 Å². The molecule has 0 saturated carbocycles. The highest BCUT2D eigenvalue weighted by molar-refractivity contribution is 6.02. The third-order valence-electron chi connectivity index (χ3n) is 4.28. The second-order valence-corrected chi connectivity index (χ2v) is 6.95. The maximum atomic E-state index is 12.8. The molecule has 0 spiro atoms. The normalized spacial score (nSPS) is 12.1. The van der Waals surface area contributed by atoms with E-state index in [1.165, 1.54) is 0 Å². The molecular formula is C21H24N4O2. The van der Waals surface area contributed by atoms with Crippen molar-refractivity contribution in [1.29, 1.82) is 0 Å². The lowest BCUT2D eigenvalue weighted by Crippen LogP contribution is -2.29. The van der Waals surface area contributed by atoms with Crippen LogP contribution in [0.4, 0.5) is 0 Å². The van der Waals surface area contributed by atoms with E-state index in [0.717, 1.165) is 5.56 Å². The minimum absolute atomic E-state index is 0.169. The van der Waals surface area contributed by atoms with Crippen molar-refractivity contribution < 1.29 is 9.59 Å². The van der Waals surface area contributed by atoms with E-state index in [9.17, 15) is 9.59 Å². The molecule has 2 aromatic heterocycles. The minimum Gasteiger partial charge on any atom is -0.349 e. The van der Waals surface area contributed by atoms with Gasteiger partial charge < -0.3 is 10.6 Å². The molecule has 1 aromatic carbocycles. The molecule has 6 nitrogen and oxygen atoms in total. The van der Waals surface area contributed by atoms with Crippen molar-refractivity contribution >= 4 is 17.3 Å². The van der Waals surface area contributed by atoms with Crippen LogP contribution in [0.5, 0.6) is 0 Å². The smallest absolute Gasteiger partial charge is 0.287 e. The molecule has 0 radical (unpaired) electrons. The van der Waals surface area contributed by atoms with E-state index in [-0.39, 0.29) is 29.4 Å². The van der Waals surface area contributed by atoms with E-state index in [4.69, 9.17) is 0 Å². The van der Waals surface area contributed by atoms with Crippen LogP contribution in [-0.4, -0.2) is 27.7 Å². The number of benzene rings is 1. The third kappa shape index (κ3) is 4.16. The SMILES string of the molecule is CC(C)CNC(=O)c1nc(C(=O)NC(C)c2ccccc2)c2ccccn12. The summed E-state index contributed by atoms with van der Waals surface area (Å²) >= 11 is 0. The van der Waals surface area contributed by atoms with Crippen molar-refractivity contribution in [2.24, 2.45) is 5.92 Å². The number of amides is 2. The van der Waals surface area contributed by atoms with Gasteiger partial charge in [-0.15, -0.1) is 0 Å². The van der Waals surface area contributed by atoms with Gasteiger partial charge in [-0.05, 0) is 30.5 Å². The molecule has 0 aliphatic rings. The van der Waals surface area contributed by atoms with Crippen LogP contribution in [0.1, 0.15) is 53.5 Å². The predicted molar refractivity (Wildman–Crippen MR) is 105 cm³/mol. The first-order valence-electron chi connectivity index (χ1n) is 9.08. The Morgan fingerprint density at radius 2 is 1.70 bits per heavy atom. The highest BCUT2D eigenvalue weighted by Crippen LogP contribution is 2.16. The summed E-state index contributed by atoms with van der Waals surface area (Å²) in [5.41, 5.74) is 1.85. The first-order chi connectivity index (χ1) is 13.0. The van der Waals surface area contributed by atoms with Crippen LogP contribution in [0, 0.1) is 5.92 Å². The van der Waals surface area contributed by atoms with Gasteiger partial charge in [-0.3, -0.25) is 14.0 Å². The molecular weight excluding hydrogens is 340 g/mol. The van der Waals surface area contributed by atoms with Gasteiger partial charge in [0.25, 0.3) is 11.8 Å². The molecule has 3 aromatic rings. The van der Waals surface area contributed by atoms with Crippen LogP contribution >= 0.6 is 0 Å². The average Bonchev–Trinajstić information content (AvgIpc) is 3.06. The second kappa shape index (κ2) is 8.03. The second-order valence-electron chi connectivity index (χ2n) is 6.95. The number of hydrogen-bond donors (Lipinski definition) is 2. The molecule has 0 saturated heterocycles. The van der Waals surface area contributed by atoms with Crippen molar-refractivity contribution in [2.75, 3.05) is 6.54 Å². The van der Waals surface area contributed by atoms with Crippen molar-refractivity contribution in [3.05, 3.63) is 71.8 Å². The van der Waals surface area contributed by atoms with Gasteiger partial charge in [-0.2, -0.15) is 0 Å². The molecule has 0 bridgehead atoms. The summed E-state index contributed by atoms with van der Waals surface area (Å²) in [5.74, 6) is -0.0588. The predicted octanol–water partition coefficient (Wildman–Crippen LogP) is 3.21. The molecule has 0 fully saturated rings. The lowest BCUT2D eigenvalue weighted by molar-refractivity contribution is 0.0936. The highest BCUT2D eigenvalue weighted by Gasteiger charge is 2.22. The number of imidazole rings is 1. The molecule has 2 amide bonds.